The van der Waals surface area contributed by atoms with Gasteiger partial charge in [0.1, 0.15) is 11.9 Å². The van der Waals surface area contributed by atoms with Gasteiger partial charge in [0.05, 0.1) is 28.8 Å². The molecule has 1 aromatic carbocycles. The predicted octanol–water partition coefficient (Wildman–Crippen LogP) is 2.85. The number of nitrogens with zero attached hydrogens (tertiary/aromatic N) is 2. The number of aliphatic hydroxyl groups excluding tert-OH is 3. The summed E-state index contributed by atoms with van der Waals surface area (Å²) in [4.78, 5) is 9.78. The predicted molar refractivity (Wildman–Crippen MR) is 139 cm³/mol. The van der Waals surface area contributed by atoms with Crippen molar-refractivity contribution in [3.63, 3.8) is 0 Å². The van der Waals surface area contributed by atoms with E-state index in [1.54, 1.807) is 0 Å². The summed E-state index contributed by atoms with van der Waals surface area (Å²) >= 11 is 0. The van der Waals surface area contributed by atoms with Crippen LogP contribution in [-0.4, -0.2) is 79.3 Å². The van der Waals surface area contributed by atoms with Crippen molar-refractivity contribution in [2.45, 2.75) is 75.9 Å². The SMILES string of the molecule is Cc1nc2cc(C3=CCC4C5=C(C=C6[C@@H](O)[C@H](O)[C@@H](N(C)C)C[C@]6(O)CC5)C(O)C[C@]34C)ccc2[nH]1. The van der Waals surface area contributed by atoms with Gasteiger partial charge in [-0.25, -0.2) is 4.98 Å². The lowest BCUT2D eigenvalue weighted by Crippen LogP contribution is -2.58. The van der Waals surface area contributed by atoms with Crippen LogP contribution in [0.3, 0.4) is 0 Å². The van der Waals surface area contributed by atoms with Gasteiger partial charge in [-0.15, -0.1) is 0 Å². The number of fused-ring (bicyclic) bond motifs is 4. The number of imidazole rings is 1. The van der Waals surface area contributed by atoms with Gasteiger partial charge in [-0.3, -0.25) is 0 Å². The number of aromatic nitrogens is 2. The summed E-state index contributed by atoms with van der Waals surface area (Å²) in [5.41, 5.74) is 5.36. The van der Waals surface area contributed by atoms with Gasteiger partial charge >= 0.3 is 0 Å². The lowest BCUT2D eigenvalue weighted by molar-refractivity contribution is -0.0922. The largest absolute Gasteiger partial charge is 0.388 e. The first-order valence-corrected chi connectivity index (χ1v) is 13.1. The Bertz CT molecular complexity index is 1320. The van der Waals surface area contributed by atoms with E-state index < -0.39 is 23.9 Å². The van der Waals surface area contributed by atoms with E-state index in [4.69, 9.17) is 0 Å². The molecule has 192 valence electrons. The molecule has 4 aliphatic rings. The molecule has 5 N–H and O–H groups in total. The molecule has 0 bridgehead atoms. The molecular weight excluding hydrogens is 454 g/mol. The Morgan fingerprint density at radius 2 is 1.92 bits per heavy atom. The molecular formula is C29H37N3O4. The molecule has 0 aliphatic heterocycles. The lowest BCUT2D eigenvalue weighted by atomic mass is 9.61. The number of rotatable bonds is 2. The van der Waals surface area contributed by atoms with Crippen LogP contribution >= 0.6 is 0 Å². The number of aromatic amines is 1. The zero-order valence-electron chi connectivity index (χ0n) is 21.5. The summed E-state index contributed by atoms with van der Waals surface area (Å²) in [6, 6.07) is 6.02. The molecule has 2 unspecified atom stereocenters. The Morgan fingerprint density at radius 1 is 1.14 bits per heavy atom. The second-order valence-electron chi connectivity index (χ2n) is 11.9. The smallest absolute Gasteiger partial charge is 0.105 e. The Kier molecular flexibility index (Phi) is 5.42. The first-order chi connectivity index (χ1) is 17.0. The molecule has 36 heavy (non-hydrogen) atoms. The van der Waals surface area contributed by atoms with Gasteiger partial charge in [0.15, 0.2) is 0 Å². The molecule has 1 aromatic heterocycles. The van der Waals surface area contributed by atoms with Crippen LogP contribution in [0.2, 0.25) is 0 Å². The molecule has 7 nitrogen and oxygen atoms in total. The maximum atomic E-state index is 11.8. The minimum Gasteiger partial charge on any atom is -0.388 e. The second kappa shape index (κ2) is 8.10. The Balaban J connectivity index is 1.37. The summed E-state index contributed by atoms with van der Waals surface area (Å²) < 4.78 is 0. The Labute approximate surface area is 211 Å². The molecule has 1 saturated carbocycles. The third-order valence-electron chi connectivity index (χ3n) is 9.53. The molecule has 4 aliphatic carbocycles. The van der Waals surface area contributed by atoms with Crippen molar-refractivity contribution in [1.82, 2.24) is 14.9 Å². The van der Waals surface area contributed by atoms with E-state index in [1.165, 1.54) is 11.1 Å². The lowest BCUT2D eigenvalue weighted by Gasteiger charge is -2.46. The van der Waals surface area contributed by atoms with Gasteiger partial charge in [0.25, 0.3) is 0 Å². The van der Waals surface area contributed by atoms with Crippen molar-refractivity contribution in [1.29, 1.82) is 0 Å². The van der Waals surface area contributed by atoms with Crippen LogP contribution in [0, 0.1) is 18.3 Å². The van der Waals surface area contributed by atoms with Crippen LogP contribution in [0.25, 0.3) is 16.6 Å². The molecule has 0 saturated heterocycles. The summed E-state index contributed by atoms with van der Waals surface area (Å²) in [5.74, 6) is 1.11. The number of nitrogens with one attached hydrogen (secondary N) is 1. The summed E-state index contributed by atoms with van der Waals surface area (Å²) in [5, 5.41) is 45.1. The maximum absolute atomic E-state index is 11.8. The highest BCUT2D eigenvalue weighted by molar-refractivity contribution is 5.83. The van der Waals surface area contributed by atoms with E-state index in [0.717, 1.165) is 34.4 Å². The second-order valence-corrected chi connectivity index (χ2v) is 11.9. The van der Waals surface area contributed by atoms with Crippen molar-refractivity contribution in [3.8, 4) is 0 Å². The summed E-state index contributed by atoms with van der Waals surface area (Å²) in [6.07, 6.45) is 4.22. The summed E-state index contributed by atoms with van der Waals surface area (Å²) in [7, 11) is 3.72. The number of aryl methyl sites for hydroxylation is 1. The fourth-order valence-corrected chi connectivity index (χ4v) is 7.60. The van der Waals surface area contributed by atoms with E-state index in [-0.39, 0.29) is 17.4 Å². The Hall–Kier alpha value is -2.29. The van der Waals surface area contributed by atoms with Crippen molar-refractivity contribution in [3.05, 3.63) is 58.5 Å². The molecule has 0 spiro atoms. The Morgan fingerprint density at radius 3 is 2.67 bits per heavy atom. The van der Waals surface area contributed by atoms with Gasteiger partial charge < -0.3 is 30.3 Å². The van der Waals surface area contributed by atoms with Crippen LogP contribution in [0.4, 0.5) is 0 Å². The summed E-state index contributed by atoms with van der Waals surface area (Å²) in [6.45, 7) is 4.21. The normalized spacial score (nSPS) is 38.4. The number of benzene rings is 1. The van der Waals surface area contributed by atoms with Gasteiger partial charge in [-0.1, -0.05) is 30.7 Å². The van der Waals surface area contributed by atoms with Crippen LogP contribution < -0.4 is 0 Å². The van der Waals surface area contributed by atoms with E-state index in [0.29, 0.717) is 31.3 Å². The van der Waals surface area contributed by atoms with Gasteiger partial charge in [-0.2, -0.15) is 0 Å². The van der Waals surface area contributed by atoms with Crippen molar-refractivity contribution in [2.24, 2.45) is 11.3 Å². The molecule has 1 fully saturated rings. The molecule has 7 heteroatoms. The van der Waals surface area contributed by atoms with E-state index in [2.05, 4.69) is 41.2 Å². The maximum Gasteiger partial charge on any atom is 0.105 e. The van der Waals surface area contributed by atoms with Gasteiger partial charge in [0.2, 0.25) is 0 Å². The van der Waals surface area contributed by atoms with Crippen molar-refractivity contribution in [2.75, 3.05) is 14.1 Å². The minimum atomic E-state index is -1.21. The fourth-order valence-electron chi connectivity index (χ4n) is 7.60. The molecule has 6 rings (SSSR count). The first-order valence-electron chi connectivity index (χ1n) is 13.1. The van der Waals surface area contributed by atoms with Crippen LogP contribution in [0.5, 0.6) is 0 Å². The third kappa shape index (κ3) is 3.41. The third-order valence-corrected chi connectivity index (χ3v) is 9.53. The standard InChI is InChI=1S/C29H37N3O4/c1-15-30-22-8-5-16(11-23(22)31-15)19-6-7-20-17-9-10-29(36)13-24(32(3)4)27(35)26(34)21(29)12-18(17)25(33)14-28(19,20)2/h5-6,8,11-12,20,24-27,33-36H,7,9-10,13-14H2,1-4H3,(H,30,31)/t20?,24-,25?,26+,27+,28+,29+/m0/s1. The van der Waals surface area contributed by atoms with Crippen LogP contribution in [-0.2, 0) is 0 Å². The average Bonchev–Trinajstić information content (AvgIpc) is 3.30. The molecule has 2 aromatic rings. The van der Waals surface area contributed by atoms with Gasteiger partial charge in [0, 0.05) is 11.5 Å². The van der Waals surface area contributed by atoms with E-state index >= 15 is 0 Å². The van der Waals surface area contributed by atoms with E-state index in [1.807, 2.05) is 32.0 Å². The van der Waals surface area contributed by atoms with Crippen molar-refractivity contribution >= 4 is 16.6 Å². The first kappa shape index (κ1) is 24.1. The zero-order chi connectivity index (χ0) is 25.6. The fraction of sp³-hybridized carbons (Fsp3) is 0.552. The van der Waals surface area contributed by atoms with Crippen molar-refractivity contribution < 1.29 is 20.4 Å². The van der Waals surface area contributed by atoms with Crippen LogP contribution in [0.1, 0.15) is 50.4 Å². The topological polar surface area (TPSA) is 113 Å². The highest BCUT2D eigenvalue weighted by Crippen LogP contribution is 2.60. The molecule has 0 amide bonds. The quantitative estimate of drug-likeness (QED) is 0.442. The highest BCUT2D eigenvalue weighted by Gasteiger charge is 2.53. The molecule has 0 radical (unpaired) electrons. The molecule has 7 atom stereocenters. The number of hydrogen-bond acceptors (Lipinski definition) is 6. The van der Waals surface area contributed by atoms with E-state index in [9.17, 15) is 20.4 Å². The average molecular weight is 492 g/mol. The minimum absolute atomic E-state index is 0.217. The number of H-pyrrole nitrogens is 1. The van der Waals surface area contributed by atoms with Gasteiger partial charge in [-0.05, 0) is 93.5 Å². The number of allylic oxidation sites excluding steroid dienone is 3. The number of likely N-dealkylation sites (N-methyl/N-ethyl adjacent to an activating group) is 1. The van der Waals surface area contributed by atoms with Crippen LogP contribution in [0.15, 0.2) is 47.1 Å². The molecule has 1 heterocycles. The monoisotopic (exact) mass is 491 g/mol. The zero-order valence-corrected chi connectivity index (χ0v) is 21.5. The number of aliphatic hydroxyl groups is 4. The number of hydrogen-bond donors (Lipinski definition) is 5. The highest BCUT2D eigenvalue weighted by atomic mass is 16.3.